The minimum Gasteiger partial charge on any atom is -0.309 e. The predicted molar refractivity (Wildman–Crippen MR) is 98.2 cm³/mol. The van der Waals surface area contributed by atoms with E-state index in [2.05, 4.69) is 37.4 Å². The van der Waals surface area contributed by atoms with E-state index in [0.717, 1.165) is 22.5 Å². The molecule has 3 heterocycles. The fourth-order valence-electron chi connectivity index (χ4n) is 2.46. The van der Waals surface area contributed by atoms with Crippen LogP contribution >= 0.6 is 0 Å². The molecule has 0 amide bonds. The highest BCUT2D eigenvalue weighted by atomic mass is 15.1. The van der Waals surface area contributed by atoms with Crippen molar-refractivity contribution in [2.45, 2.75) is 0 Å². The molecule has 5 heteroatoms. The number of benzene rings is 1. The lowest BCUT2D eigenvalue weighted by molar-refractivity contribution is 1.14. The van der Waals surface area contributed by atoms with E-state index in [4.69, 9.17) is 0 Å². The van der Waals surface area contributed by atoms with Gasteiger partial charge >= 0.3 is 0 Å². The number of nitrogens with one attached hydrogen (secondary N) is 1. The van der Waals surface area contributed by atoms with Gasteiger partial charge in [0.15, 0.2) is 0 Å². The maximum absolute atomic E-state index is 4.49. The molecule has 0 aliphatic carbocycles. The second kappa shape index (κ2) is 6.88. The first-order chi connectivity index (χ1) is 12.4. The first-order valence-electron chi connectivity index (χ1n) is 7.91. The van der Waals surface area contributed by atoms with Crippen LogP contribution in [0.3, 0.4) is 0 Å². The van der Waals surface area contributed by atoms with E-state index < -0.39 is 0 Å². The van der Waals surface area contributed by atoms with Gasteiger partial charge in [0, 0.05) is 24.2 Å². The Kier molecular flexibility index (Phi) is 4.12. The van der Waals surface area contributed by atoms with Crippen LogP contribution in [-0.2, 0) is 0 Å². The molecule has 0 saturated heterocycles. The van der Waals surface area contributed by atoms with Gasteiger partial charge in [0.05, 0.1) is 11.4 Å². The summed E-state index contributed by atoms with van der Waals surface area (Å²) in [6, 6.07) is 21.6. The molecule has 0 bridgehead atoms. The lowest BCUT2D eigenvalue weighted by Crippen LogP contribution is -2.00. The molecule has 0 aliphatic rings. The van der Waals surface area contributed by atoms with Crippen LogP contribution in [0.1, 0.15) is 0 Å². The minimum absolute atomic E-state index is 0.489. The number of nitrogens with zero attached hydrogens (tertiary/aromatic N) is 4. The Bertz CT molecular complexity index is 954. The number of pyridine rings is 2. The van der Waals surface area contributed by atoms with Gasteiger partial charge in [0.25, 0.3) is 0 Å². The molecule has 0 atom stereocenters. The molecule has 120 valence electrons. The molecular formula is C20H15N5. The maximum Gasteiger partial charge on any atom is 0.228 e. The summed E-state index contributed by atoms with van der Waals surface area (Å²) in [5, 5.41) is 3.13. The van der Waals surface area contributed by atoms with E-state index in [-0.39, 0.29) is 0 Å². The summed E-state index contributed by atoms with van der Waals surface area (Å²) in [5.41, 5.74) is 3.77. The van der Waals surface area contributed by atoms with Crippen LogP contribution in [0.5, 0.6) is 0 Å². The average molecular weight is 325 g/mol. The van der Waals surface area contributed by atoms with Crippen LogP contribution in [0, 0.1) is 0 Å². The van der Waals surface area contributed by atoms with Gasteiger partial charge in [-0.05, 0) is 35.9 Å². The van der Waals surface area contributed by atoms with Crippen molar-refractivity contribution < 1.29 is 0 Å². The number of hydrogen-bond donors (Lipinski definition) is 1. The van der Waals surface area contributed by atoms with Crippen LogP contribution in [0.2, 0.25) is 0 Å². The highest BCUT2D eigenvalue weighted by Gasteiger charge is 2.04. The van der Waals surface area contributed by atoms with Crippen LogP contribution in [0.15, 0.2) is 85.3 Å². The molecule has 4 rings (SSSR count). The summed E-state index contributed by atoms with van der Waals surface area (Å²) in [6.07, 6.45) is 5.28. The third kappa shape index (κ3) is 3.50. The average Bonchev–Trinajstić information content (AvgIpc) is 2.70. The van der Waals surface area contributed by atoms with E-state index in [9.17, 15) is 0 Å². The summed E-state index contributed by atoms with van der Waals surface area (Å²) >= 11 is 0. The second-order valence-electron chi connectivity index (χ2n) is 5.40. The Morgan fingerprint density at radius 3 is 2.24 bits per heavy atom. The van der Waals surface area contributed by atoms with Crippen molar-refractivity contribution in [1.82, 2.24) is 19.9 Å². The van der Waals surface area contributed by atoms with Crippen molar-refractivity contribution in [3.05, 3.63) is 85.3 Å². The third-order valence-corrected chi connectivity index (χ3v) is 3.69. The Morgan fingerprint density at radius 2 is 1.48 bits per heavy atom. The van der Waals surface area contributed by atoms with Crippen LogP contribution in [0.4, 0.5) is 11.8 Å². The molecule has 0 aliphatic heterocycles. The third-order valence-electron chi connectivity index (χ3n) is 3.69. The zero-order valence-electron chi connectivity index (χ0n) is 13.4. The molecule has 0 radical (unpaired) electrons. The monoisotopic (exact) mass is 325 g/mol. The Hall–Kier alpha value is -3.60. The van der Waals surface area contributed by atoms with E-state index in [1.807, 2.05) is 60.8 Å². The van der Waals surface area contributed by atoms with Gasteiger partial charge in [-0.25, -0.2) is 15.0 Å². The zero-order chi connectivity index (χ0) is 16.9. The quantitative estimate of drug-likeness (QED) is 0.604. The number of anilines is 2. The maximum atomic E-state index is 4.49. The van der Waals surface area contributed by atoms with Crippen LogP contribution in [0.25, 0.3) is 22.5 Å². The highest BCUT2D eigenvalue weighted by molar-refractivity contribution is 5.64. The molecule has 0 saturated carbocycles. The standard InChI is InChI=1S/C20H15N5/c1-2-6-15(7-3-1)16-9-10-19(23-14-16)25-20-22-13-11-18(24-20)17-8-4-5-12-21-17/h1-14H,(H,22,23,24,25). The largest absolute Gasteiger partial charge is 0.309 e. The number of hydrogen-bond acceptors (Lipinski definition) is 5. The van der Waals surface area contributed by atoms with E-state index in [1.165, 1.54) is 0 Å². The van der Waals surface area contributed by atoms with Crippen molar-refractivity contribution in [3.8, 4) is 22.5 Å². The van der Waals surface area contributed by atoms with Gasteiger partial charge in [-0.1, -0.05) is 36.4 Å². The van der Waals surface area contributed by atoms with Gasteiger partial charge in [-0.2, -0.15) is 0 Å². The van der Waals surface area contributed by atoms with Crippen molar-refractivity contribution in [2.75, 3.05) is 5.32 Å². The molecule has 0 fully saturated rings. The van der Waals surface area contributed by atoms with E-state index in [0.29, 0.717) is 11.8 Å². The highest BCUT2D eigenvalue weighted by Crippen LogP contribution is 2.20. The molecular weight excluding hydrogens is 310 g/mol. The van der Waals surface area contributed by atoms with Gasteiger partial charge in [0.2, 0.25) is 5.95 Å². The Labute approximate surface area is 145 Å². The molecule has 1 N–H and O–H groups in total. The summed E-state index contributed by atoms with van der Waals surface area (Å²) in [4.78, 5) is 17.5. The van der Waals surface area contributed by atoms with Crippen molar-refractivity contribution in [2.24, 2.45) is 0 Å². The lowest BCUT2D eigenvalue weighted by atomic mass is 10.1. The summed E-state index contributed by atoms with van der Waals surface area (Å²) < 4.78 is 0. The van der Waals surface area contributed by atoms with Crippen molar-refractivity contribution in [1.29, 1.82) is 0 Å². The minimum atomic E-state index is 0.489. The molecule has 0 spiro atoms. The molecule has 4 aromatic rings. The zero-order valence-corrected chi connectivity index (χ0v) is 13.4. The normalized spacial score (nSPS) is 10.4. The summed E-state index contributed by atoms with van der Waals surface area (Å²) in [7, 11) is 0. The van der Waals surface area contributed by atoms with Gasteiger partial charge in [-0.3, -0.25) is 4.98 Å². The topological polar surface area (TPSA) is 63.6 Å². The molecule has 0 unspecified atom stereocenters. The summed E-state index contributed by atoms with van der Waals surface area (Å²) in [6.45, 7) is 0. The van der Waals surface area contributed by atoms with E-state index >= 15 is 0 Å². The van der Waals surface area contributed by atoms with Crippen molar-refractivity contribution in [3.63, 3.8) is 0 Å². The van der Waals surface area contributed by atoms with Gasteiger partial charge < -0.3 is 5.32 Å². The molecule has 1 aromatic carbocycles. The SMILES string of the molecule is c1ccc(-c2ccc(Nc3nccc(-c4ccccn4)n3)nc2)cc1. The van der Waals surface area contributed by atoms with Gasteiger partial charge in [0.1, 0.15) is 5.82 Å². The summed E-state index contributed by atoms with van der Waals surface area (Å²) in [5.74, 6) is 1.18. The first kappa shape index (κ1) is 15.0. The van der Waals surface area contributed by atoms with Crippen LogP contribution < -0.4 is 5.32 Å². The number of aromatic nitrogens is 4. The smallest absolute Gasteiger partial charge is 0.228 e. The Morgan fingerprint density at radius 1 is 0.600 bits per heavy atom. The van der Waals surface area contributed by atoms with E-state index in [1.54, 1.807) is 12.4 Å². The van der Waals surface area contributed by atoms with Gasteiger partial charge in [-0.15, -0.1) is 0 Å². The molecule has 5 nitrogen and oxygen atoms in total. The Balaban J connectivity index is 1.55. The molecule has 3 aromatic heterocycles. The number of rotatable bonds is 4. The predicted octanol–water partition coefficient (Wildman–Crippen LogP) is 4.34. The fourth-order valence-corrected chi connectivity index (χ4v) is 2.46. The molecule has 25 heavy (non-hydrogen) atoms. The van der Waals surface area contributed by atoms with Crippen molar-refractivity contribution >= 4 is 11.8 Å². The van der Waals surface area contributed by atoms with Crippen LogP contribution in [-0.4, -0.2) is 19.9 Å². The first-order valence-corrected chi connectivity index (χ1v) is 7.91. The second-order valence-corrected chi connectivity index (χ2v) is 5.40. The fraction of sp³-hybridized carbons (Fsp3) is 0. The lowest BCUT2D eigenvalue weighted by Gasteiger charge is -2.07.